The molecular weight excluding hydrogens is 672 g/mol. The Morgan fingerprint density at radius 2 is 1.26 bits per heavy atom. The number of nitrogens with one attached hydrogen (secondary N) is 1. The Morgan fingerprint density at radius 3 is 1.76 bits per heavy atom. The molecule has 0 spiro atoms. The third-order valence-electron chi connectivity index (χ3n) is 9.43. The van der Waals surface area contributed by atoms with Gasteiger partial charge in [-0.05, 0) is 11.8 Å². The van der Waals surface area contributed by atoms with E-state index in [1.54, 1.807) is 0 Å². The summed E-state index contributed by atoms with van der Waals surface area (Å²) in [5.74, 6) is -6.90. The molecule has 10 N–H and O–H groups in total. The highest BCUT2D eigenvalue weighted by molar-refractivity contribution is 5.74. The molecule has 1 saturated heterocycles. The van der Waals surface area contributed by atoms with Gasteiger partial charge in [0.1, 0.15) is 6.10 Å². The largest absolute Gasteiger partial charge is 0.480 e. The summed E-state index contributed by atoms with van der Waals surface area (Å²) < 4.78 is 22.4. The summed E-state index contributed by atoms with van der Waals surface area (Å²) >= 11 is 0. The van der Waals surface area contributed by atoms with Crippen molar-refractivity contribution in [2.75, 3.05) is 93.1 Å². The van der Waals surface area contributed by atoms with Crippen LogP contribution in [0.1, 0.15) is 6.92 Å². The average Bonchev–Trinajstić information content (AvgIpc) is 3.04. The van der Waals surface area contributed by atoms with Crippen molar-refractivity contribution in [3.63, 3.8) is 0 Å². The Labute approximate surface area is 289 Å². The predicted molar refractivity (Wildman–Crippen MR) is 169 cm³/mol. The summed E-state index contributed by atoms with van der Waals surface area (Å²) in [5.41, 5.74) is 8.81. The first-order valence-corrected chi connectivity index (χ1v) is 16.3. The second-order valence-corrected chi connectivity index (χ2v) is 12.8. The molecule has 2 rings (SSSR count). The number of hydrogen-bond acceptors (Lipinski definition) is 17. The van der Waals surface area contributed by atoms with E-state index in [1.807, 2.05) is 6.92 Å². The van der Waals surface area contributed by atoms with E-state index in [0.29, 0.717) is 6.61 Å². The van der Waals surface area contributed by atoms with Crippen molar-refractivity contribution in [3.05, 3.63) is 0 Å². The van der Waals surface area contributed by atoms with Crippen LogP contribution in [0.5, 0.6) is 0 Å². The number of hydroxylamine groups is 1. The van der Waals surface area contributed by atoms with Crippen LogP contribution in [-0.2, 0) is 43.0 Å². The highest BCUT2D eigenvalue weighted by atomic mass is 16.7. The van der Waals surface area contributed by atoms with Crippen LogP contribution in [0.2, 0.25) is 0 Å². The molecule has 0 aromatic heterocycles. The molecule has 11 unspecified atom stereocenters. The summed E-state index contributed by atoms with van der Waals surface area (Å²) in [5, 5.41) is 69.9. The number of methoxy groups -OCH3 is 2. The van der Waals surface area contributed by atoms with Crippen molar-refractivity contribution < 1.29 is 78.7 Å². The Bertz CT molecular complexity index is 1060. The normalized spacial score (nSPS) is 31.5. The van der Waals surface area contributed by atoms with Crippen LogP contribution >= 0.6 is 0 Å². The average molecular weight is 727 g/mol. The van der Waals surface area contributed by atoms with Gasteiger partial charge in [-0.25, -0.2) is 4.79 Å². The predicted octanol–water partition coefficient (Wildman–Crippen LogP) is -4.51. The molecule has 1 aliphatic heterocycles. The summed E-state index contributed by atoms with van der Waals surface area (Å²) in [7, 11) is 2.92. The van der Waals surface area contributed by atoms with Gasteiger partial charge in [-0.3, -0.25) is 24.2 Å². The smallest absolute Gasteiger partial charge is 0.338 e. The number of aliphatic hydroxyl groups excluding tert-OH is 4. The Morgan fingerprint density at radius 1 is 0.720 bits per heavy atom. The number of carbonyl (C=O) groups excluding carboxylic acids is 1. The summed E-state index contributed by atoms with van der Waals surface area (Å²) in [6.07, 6.45) is -4.26. The van der Waals surface area contributed by atoms with E-state index in [-0.39, 0.29) is 57.3 Å². The lowest BCUT2D eigenvalue weighted by Crippen LogP contribution is -2.63. The lowest BCUT2D eigenvalue weighted by molar-refractivity contribution is -0.215. The van der Waals surface area contributed by atoms with Gasteiger partial charge in [-0.2, -0.15) is 0 Å². The van der Waals surface area contributed by atoms with Crippen LogP contribution in [-0.4, -0.2) is 199 Å². The first kappa shape index (κ1) is 43.6. The number of carbonyl (C=O) groups is 4. The van der Waals surface area contributed by atoms with Gasteiger partial charge in [0.25, 0.3) is 0 Å². The molecule has 2 fully saturated rings. The maximum absolute atomic E-state index is 12.9. The number of nitrogens with zero attached hydrogens (tertiary/aromatic N) is 2. The van der Waals surface area contributed by atoms with Gasteiger partial charge in [-0.15, -0.1) is 5.48 Å². The molecule has 2 aliphatic rings. The van der Waals surface area contributed by atoms with Gasteiger partial charge in [0.05, 0.1) is 83.6 Å². The Kier molecular flexibility index (Phi) is 18.9. The number of ether oxygens (including phenoxy) is 4. The van der Waals surface area contributed by atoms with E-state index in [4.69, 9.17) is 39.7 Å². The van der Waals surface area contributed by atoms with Crippen molar-refractivity contribution in [2.45, 2.75) is 43.4 Å². The topological polar surface area (TPSA) is 301 Å². The number of nitrogens with two attached hydrogens (primary N) is 1. The lowest BCUT2D eigenvalue weighted by Gasteiger charge is -2.47. The number of aliphatic carboxylic acids is 3. The van der Waals surface area contributed by atoms with Gasteiger partial charge >= 0.3 is 23.9 Å². The van der Waals surface area contributed by atoms with Crippen molar-refractivity contribution in [1.82, 2.24) is 15.3 Å². The van der Waals surface area contributed by atoms with Crippen molar-refractivity contribution in [1.29, 1.82) is 0 Å². The van der Waals surface area contributed by atoms with E-state index < -0.39 is 105 Å². The lowest BCUT2D eigenvalue weighted by atomic mass is 9.64. The van der Waals surface area contributed by atoms with Crippen LogP contribution in [0, 0.1) is 29.6 Å². The quantitative estimate of drug-likeness (QED) is 0.0448. The number of rotatable bonds is 23. The third kappa shape index (κ3) is 12.9. The van der Waals surface area contributed by atoms with Gasteiger partial charge in [0.15, 0.2) is 0 Å². The molecular formula is C30H54N4O16. The molecule has 1 aliphatic carbocycles. The van der Waals surface area contributed by atoms with Gasteiger partial charge in [-0.1, -0.05) is 6.92 Å². The second kappa shape index (κ2) is 21.7. The van der Waals surface area contributed by atoms with Crippen LogP contribution in [0.4, 0.5) is 0 Å². The molecule has 20 nitrogen and oxygen atoms in total. The zero-order chi connectivity index (χ0) is 37.5. The summed E-state index contributed by atoms with van der Waals surface area (Å²) in [6, 6.07) is -1.79. The fourth-order valence-electron chi connectivity index (χ4n) is 6.76. The minimum Gasteiger partial charge on any atom is -0.480 e. The van der Waals surface area contributed by atoms with E-state index in [9.17, 15) is 44.7 Å². The van der Waals surface area contributed by atoms with Gasteiger partial charge < -0.3 is 65.3 Å². The highest BCUT2D eigenvalue weighted by Crippen LogP contribution is 2.39. The minimum absolute atomic E-state index is 0.0352. The molecule has 0 bridgehead atoms. The molecule has 0 amide bonds. The Hall–Kier alpha value is -2.60. The molecule has 11 atom stereocenters. The van der Waals surface area contributed by atoms with Crippen molar-refractivity contribution >= 4 is 23.9 Å². The monoisotopic (exact) mass is 726 g/mol. The van der Waals surface area contributed by atoms with Gasteiger partial charge in [0.2, 0.25) is 0 Å². The van der Waals surface area contributed by atoms with Gasteiger partial charge in [0, 0.05) is 57.7 Å². The number of hydrogen-bond donors (Lipinski definition) is 9. The Balaban J connectivity index is 2.14. The molecule has 1 saturated carbocycles. The minimum atomic E-state index is -1.31. The summed E-state index contributed by atoms with van der Waals surface area (Å²) in [4.78, 5) is 53.9. The molecule has 0 aromatic rings. The zero-order valence-electron chi connectivity index (χ0n) is 28.6. The van der Waals surface area contributed by atoms with Crippen LogP contribution in [0.3, 0.4) is 0 Å². The fourth-order valence-corrected chi connectivity index (χ4v) is 6.76. The molecule has 0 radical (unpaired) electrons. The molecule has 0 aromatic carbocycles. The molecule has 290 valence electrons. The maximum Gasteiger partial charge on any atom is 0.338 e. The van der Waals surface area contributed by atoms with E-state index in [0.717, 1.165) is 9.80 Å². The summed E-state index contributed by atoms with van der Waals surface area (Å²) in [6.45, 7) is -1.71. The van der Waals surface area contributed by atoms with Crippen molar-refractivity contribution in [3.8, 4) is 0 Å². The van der Waals surface area contributed by atoms with Crippen LogP contribution < -0.4 is 11.2 Å². The number of carboxylic acid groups (broad SMARTS) is 3. The first-order chi connectivity index (χ1) is 23.7. The van der Waals surface area contributed by atoms with E-state index >= 15 is 0 Å². The molecule has 20 heteroatoms. The van der Waals surface area contributed by atoms with Crippen LogP contribution in [0.25, 0.3) is 0 Å². The van der Waals surface area contributed by atoms with E-state index in [1.165, 1.54) is 14.2 Å². The number of aliphatic hydroxyl groups is 4. The first-order valence-electron chi connectivity index (χ1n) is 16.3. The zero-order valence-corrected chi connectivity index (χ0v) is 28.6. The SMILES string of the molecule is COCC1C(C)C(CO)C(COCC2OC(CO)C(COC)C(O)C2NOC(=O)CN(CCN(CC(=O)O)CC(=O)O)CC(=O)O)C(O)C1N. The van der Waals surface area contributed by atoms with E-state index in [2.05, 4.69) is 5.48 Å². The molecule has 1 heterocycles. The van der Waals surface area contributed by atoms with Crippen LogP contribution in [0.15, 0.2) is 0 Å². The number of carboxylic acids is 3. The second-order valence-electron chi connectivity index (χ2n) is 12.8. The highest BCUT2D eigenvalue weighted by Gasteiger charge is 2.48. The molecule has 50 heavy (non-hydrogen) atoms. The fraction of sp³-hybridized carbons (Fsp3) is 0.867. The van der Waals surface area contributed by atoms with Crippen molar-refractivity contribution in [2.24, 2.45) is 35.3 Å². The third-order valence-corrected chi connectivity index (χ3v) is 9.43. The maximum atomic E-state index is 12.9. The standard InChI is InChI=1S/C30H54N4O16/c1-16-17(10-35)19(29(44)27(31)18(16)12-46-2)14-48-15-22-28(30(45)20(13-47-3)21(11-36)49-22)32-50-26(43)9-34(8-25(41)42)5-4-33(6-23(37)38)7-24(39)40/h16-22,27-30,32,35-36,44-45H,4-15,31H2,1-3H3,(H,37,38)(H,39,40)(H,41,42).